The molecule has 3 aliphatic heterocycles. The van der Waals surface area contributed by atoms with Gasteiger partial charge in [-0.15, -0.1) is 0 Å². The predicted octanol–water partition coefficient (Wildman–Crippen LogP) is 1.55. The smallest absolute Gasteiger partial charge is 0.264 e. The van der Waals surface area contributed by atoms with E-state index < -0.39 is 29.7 Å². The molecule has 0 saturated carbocycles. The number of nitrogens with one attached hydrogen (secondary N) is 3. The maximum atomic E-state index is 13.2. The first-order chi connectivity index (χ1) is 34.5. The highest BCUT2D eigenvalue weighted by Crippen LogP contribution is 2.32. The molecule has 2 saturated heterocycles. The summed E-state index contributed by atoms with van der Waals surface area (Å²) in [6.45, 7) is 14.4. The van der Waals surface area contributed by atoms with Crippen molar-refractivity contribution >= 4 is 35.2 Å². The number of fused-ring (bicyclic) bond motifs is 1. The zero-order chi connectivity index (χ0) is 49.5. The van der Waals surface area contributed by atoms with Crippen molar-refractivity contribution in [2.75, 3.05) is 184 Å². The molecule has 0 bridgehead atoms. The molecule has 1 aromatic carbocycles. The number of benzene rings is 1. The van der Waals surface area contributed by atoms with Crippen LogP contribution in [0.15, 0.2) is 18.2 Å². The van der Waals surface area contributed by atoms with Crippen molar-refractivity contribution in [1.82, 2.24) is 15.5 Å². The minimum Gasteiger partial charge on any atom is -0.379 e. The lowest BCUT2D eigenvalue weighted by atomic mass is 10.0. The quantitative estimate of drug-likeness (QED) is 0.0620. The largest absolute Gasteiger partial charge is 0.379 e. The molecule has 22 nitrogen and oxygen atoms in total. The minimum atomic E-state index is -1.08. The van der Waals surface area contributed by atoms with Gasteiger partial charge in [-0.05, 0) is 57.3 Å². The van der Waals surface area contributed by atoms with Crippen LogP contribution in [0.4, 0.5) is 5.69 Å². The van der Waals surface area contributed by atoms with Crippen LogP contribution in [-0.2, 0) is 76.0 Å². The van der Waals surface area contributed by atoms with Crippen LogP contribution in [0.3, 0.4) is 0 Å². The van der Waals surface area contributed by atoms with Gasteiger partial charge in [0, 0.05) is 19.4 Å². The summed E-state index contributed by atoms with van der Waals surface area (Å²) in [6, 6.07) is 3.53. The number of carbonyl (C=O) groups is 5. The third kappa shape index (κ3) is 25.7. The first-order valence-electron chi connectivity index (χ1n) is 24.9. The Morgan fingerprint density at radius 1 is 0.514 bits per heavy atom. The predicted molar refractivity (Wildman–Crippen MR) is 252 cm³/mol. The number of nitrogens with zero attached hydrogens (tertiary/aromatic N) is 1. The van der Waals surface area contributed by atoms with E-state index in [4.69, 9.17) is 61.6 Å². The molecule has 0 spiro atoms. The van der Waals surface area contributed by atoms with Crippen molar-refractivity contribution < 1.29 is 85.6 Å². The molecule has 0 radical (unpaired) electrons. The van der Waals surface area contributed by atoms with Crippen LogP contribution in [0, 0.1) is 0 Å². The molecule has 0 aliphatic carbocycles. The number of unbranched alkanes of at least 4 members (excludes halogenated alkanes) is 2. The van der Waals surface area contributed by atoms with E-state index in [9.17, 15) is 24.0 Å². The van der Waals surface area contributed by atoms with Crippen molar-refractivity contribution in [3.63, 3.8) is 0 Å². The Morgan fingerprint density at radius 2 is 0.943 bits per heavy atom. The normalized spacial score (nSPS) is 16.3. The first-order valence-corrected chi connectivity index (χ1v) is 24.9. The zero-order valence-electron chi connectivity index (χ0n) is 40.9. The van der Waals surface area contributed by atoms with Gasteiger partial charge in [-0.1, -0.05) is 12.5 Å². The summed E-state index contributed by atoms with van der Waals surface area (Å²) >= 11 is 0. The zero-order valence-corrected chi connectivity index (χ0v) is 40.9. The molecule has 1 aromatic rings. The monoisotopic (exact) mass is 999 g/mol. The van der Waals surface area contributed by atoms with E-state index in [1.807, 2.05) is 0 Å². The summed E-state index contributed by atoms with van der Waals surface area (Å²) in [7, 11) is 0. The van der Waals surface area contributed by atoms with E-state index in [1.54, 1.807) is 12.1 Å². The molecule has 1 atom stereocenters. The standard InChI is InChI=1S/C48H78N4O18/c53-43(50-41-6-4-5-40-45(41)48(57)52(47(40)56)42-8-9-44(54)51-46(42)55)7-2-1-3-14-58-15-16-59-17-18-60-19-20-61-21-22-62-23-24-63-25-26-64-27-28-65-29-30-66-31-32-67-33-34-68-35-36-69-37-38-70-39-10-12-49-13-11-39/h4-6,39,42,49H,1-3,7-38H2,(H,50,53)(H,51,54,55). The Balaban J connectivity index is 0.779. The van der Waals surface area contributed by atoms with E-state index in [0.717, 1.165) is 43.7 Å². The van der Waals surface area contributed by atoms with Gasteiger partial charge in [0.05, 0.1) is 181 Å². The van der Waals surface area contributed by atoms with Crippen molar-refractivity contribution in [2.24, 2.45) is 0 Å². The Bertz CT molecular complexity index is 1600. The average molecular weight is 999 g/mol. The number of rotatable bonds is 45. The van der Waals surface area contributed by atoms with Gasteiger partial charge in [-0.2, -0.15) is 0 Å². The van der Waals surface area contributed by atoms with Gasteiger partial charge in [-0.3, -0.25) is 34.2 Å². The van der Waals surface area contributed by atoms with Gasteiger partial charge in [0.2, 0.25) is 17.7 Å². The van der Waals surface area contributed by atoms with Crippen molar-refractivity contribution in [2.45, 2.75) is 63.5 Å². The molecular formula is C48H78N4O18. The lowest BCUT2D eigenvalue weighted by Crippen LogP contribution is -2.54. The van der Waals surface area contributed by atoms with Crippen LogP contribution in [0.1, 0.15) is 72.1 Å². The SMILES string of the molecule is O=C1CCC(N2C(=O)c3cccc(NC(=O)CCCCCOCCOCCOCCOCCOCCOCCOCCOCCOCCOCCOCCOCCOC4CCNCC4)c3C2=O)C(=O)N1. The Hall–Kier alpha value is -3.59. The Morgan fingerprint density at radius 3 is 1.39 bits per heavy atom. The second-order valence-corrected chi connectivity index (χ2v) is 16.2. The lowest BCUT2D eigenvalue weighted by Gasteiger charge is -2.27. The molecule has 3 heterocycles. The average Bonchev–Trinajstić information content (AvgIpc) is 3.62. The number of hydrogen-bond donors (Lipinski definition) is 3. The number of carbonyl (C=O) groups excluding carboxylic acids is 5. The molecule has 0 aromatic heterocycles. The number of ether oxygens (including phenoxy) is 13. The van der Waals surface area contributed by atoms with Crippen molar-refractivity contribution in [1.29, 1.82) is 0 Å². The number of imide groups is 2. The maximum Gasteiger partial charge on any atom is 0.264 e. The van der Waals surface area contributed by atoms with E-state index in [2.05, 4.69) is 16.0 Å². The second-order valence-electron chi connectivity index (χ2n) is 16.2. The van der Waals surface area contributed by atoms with E-state index in [-0.39, 0.29) is 42.0 Å². The Kier molecular flexibility index (Phi) is 32.9. The molecular weight excluding hydrogens is 921 g/mol. The van der Waals surface area contributed by atoms with E-state index >= 15 is 0 Å². The second kappa shape index (κ2) is 39.0. The number of hydrogen-bond acceptors (Lipinski definition) is 19. The molecule has 3 N–H and O–H groups in total. The highest BCUT2D eigenvalue weighted by molar-refractivity contribution is 6.26. The van der Waals surface area contributed by atoms with Crippen molar-refractivity contribution in [3.8, 4) is 0 Å². The lowest BCUT2D eigenvalue weighted by molar-refractivity contribution is -0.136. The van der Waals surface area contributed by atoms with Gasteiger partial charge < -0.3 is 72.2 Å². The molecule has 70 heavy (non-hydrogen) atoms. The fourth-order valence-corrected chi connectivity index (χ4v) is 7.26. The van der Waals surface area contributed by atoms with Crippen LogP contribution in [0.2, 0.25) is 0 Å². The number of anilines is 1. The van der Waals surface area contributed by atoms with Gasteiger partial charge in [0.1, 0.15) is 6.04 Å². The van der Waals surface area contributed by atoms with Crippen LogP contribution >= 0.6 is 0 Å². The molecule has 398 valence electrons. The molecule has 5 amide bonds. The van der Waals surface area contributed by atoms with Gasteiger partial charge >= 0.3 is 0 Å². The summed E-state index contributed by atoms with van der Waals surface area (Å²) in [6.07, 6.45) is 4.93. The topological polar surface area (TPSA) is 245 Å². The molecule has 1 unspecified atom stereocenters. The highest BCUT2D eigenvalue weighted by Gasteiger charge is 2.45. The summed E-state index contributed by atoms with van der Waals surface area (Å²) < 4.78 is 72.1. The summed E-state index contributed by atoms with van der Waals surface area (Å²) in [5, 5.41) is 8.24. The number of piperidine rings is 2. The molecule has 22 heteroatoms. The van der Waals surface area contributed by atoms with Crippen LogP contribution in [0.25, 0.3) is 0 Å². The van der Waals surface area contributed by atoms with Gasteiger partial charge in [0.25, 0.3) is 11.8 Å². The summed E-state index contributed by atoms with van der Waals surface area (Å²) in [5.74, 6) is -2.72. The Labute approximate surface area is 411 Å². The fourth-order valence-electron chi connectivity index (χ4n) is 7.26. The van der Waals surface area contributed by atoms with Crippen molar-refractivity contribution in [3.05, 3.63) is 29.3 Å². The van der Waals surface area contributed by atoms with Gasteiger partial charge in [-0.25, -0.2) is 0 Å². The molecule has 2 fully saturated rings. The number of amides is 5. The fraction of sp³-hybridized carbons (Fsp3) is 0.771. The van der Waals surface area contributed by atoms with Crippen LogP contribution in [0.5, 0.6) is 0 Å². The third-order valence-corrected chi connectivity index (χ3v) is 10.9. The maximum absolute atomic E-state index is 13.2. The van der Waals surface area contributed by atoms with E-state index in [1.165, 1.54) is 6.07 Å². The van der Waals surface area contributed by atoms with E-state index in [0.29, 0.717) is 178 Å². The summed E-state index contributed by atoms with van der Waals surface area (Å²) in [5.41, 5.74) is 0.377. The van der Waals surface area contributed by atoms with Gasteiger partial charge in [0.15, 0.2) is 0 Å². The minimum absolute atomic E-state index is 0.0261. The first kappa shape index (κ1) is 59.0. The van der Waals surface area contributed by atoms with Crippen LogP contribution < -0.4 is 16.0 Å². The molecule has 3 aliphatic rings. The summed E-state index contributed by atoms with van der Waals surface area (Å²) in [4.78, 5) is 63.7. The molecule has 4 rings (SSSR count). The third-order valence-electron chi connectivity index (χ3n) is 10.9. The highest BCUT2D eigenvalue weighted by atomic mass is 16.6. The van der Waals surface area contributed by atoms with Crippen LogP contribution in [-0.4, -0.2) is 225 Å².